The van der Waals surface area contributed by atoms with Crippen molar-refractivity contribution in [3.63, 3.8) is 0 Å². The van der Waals surface area contributed by atoms with Gasteiger partial charge in [-0.15, -0.1) is 0 Å². The minimum absolute atomic E-state index is 0.110. The number of aliphatic hydroxyl groups is 6. The highest BCUT2D eigenvalue weighted by molar-refractivity contribution is 6.32. The summed E-state index contributed by atoms with van der Waals surface area (Å²) in [5, 5.41) is 136. The van der Waals surface area contributed by atoms with E-state index in [2.05, 4.69) is 42.5 Å². The molecule has 36 heteroatoms. The Balaban J connectivity index is 1.01. The van der Waals surface area contributed by atoms with Crippen molar-refractivity contribution in [3.8, 4) is 68.2 Å². The summed E-state index contributed by atoms with van der Waals surface area (Å²) in [7, 11) is 1.47. The van der Waals surface area contributed by atoms with Gasteiger partial charge in [0.15, 0.2) is 29.9 Å². The van der Waals surface area contributed by atoms with Crippen molar-refractivity contribution in [2.24, 2.45) is 11.7 Å². The first-order valence-corrected chi connectivity index (χ1v) is 37.9. The fourth-order valence-electron chi connectivity index (χ4n) is 14.0. The summed E-state index contributed by atoms with van der Waals surface area (Å²) in [6, 6.07) is 17.5. The SMILES string of the molecule is CN[C@H](CC(C)C)C(=O)N[C@H]1C(=O)N[C@@H](CC(N)=O)C(=O)N[C@H](C)C(=O)NC2C(=O)N[C@@H](C(=O)N[C@H](C(=O)O)c3cc(O)cc(O)c3-c3cc2ccc3O)[C@H](O)c2ccc(c(Cl)c2)Oc2cccc(c2OC2OC(CO)C(O)C(O)C2OC2CC(C)(NCc3ccc(-c4ccc(Cl)cc4)cc3)C(O)C(C)O2)Oc2ccc(cc2Cl)[C@H]1O. The molecule has 13 rings (SSSR count). The molecule has 7 aromatic carbocycles. The molecule has 33 nitrogen and oxygen atoms in total. The van der Waals surface area contributed by atoms with E-state index in [1.807, 2.05) is 50.2 Å². The normalized spacial score (nSPS) is 26.9. The van der Waals surface area contributed by atoms with Gasteiger partial charge in [0.2, 0.25) is 53.4 Å². The van der Waals surface area contributed by atoms with Gasteiger partial charge in [0.1, 0.15) is 89.5 Å². The molecule has 7 amide bonds. The minimum atomic E-state index is -2.32. The van der Waals surface area contributed by atoms with Crippen LogP contribution in [0, 0.1) is 5.92 Å². The van der Waals surface area contributed by atoms with Crippen molar-refractivity contribution in [1.82, 2.24) is 42.5 Å². The molecule has 6 aliphatic heterocycles. The number of nitrogens with two attached hydrogens (primary N) is 1. The highest BCUT2D eigenvalue weighted by Crippen LogP contribution is 2.48. The van der Waals surface area contributed by atoms with Crippen LogP contribution in [0.4, 0.5) is 0 Å². The van der Waals surface area contributed by atoms with E-state index < -0.39 is 209 Å². The molecule has 618 valence electrons. The van der Waals surface area contributed by atoms with E-state index in [0.717, 1.165) is 66.1 Å². The standard InChI is InChI=1S/C80H88Cl3N9O24/c1-34(2)24-49(85-6)73(104)91-63-65(98)41-17-22-53(47(82)26-41)112-55-8-7-9-56(69(55)116-79-70(68(101)67(100)57(33-93)114-79)115-59-31-80(5,71(102)36(4)111-59)86-32-37-10-12-38(13-11-37)39-14-19-43(81)20-15-39)113-54-23-18-42(27-48(54)83)66(99)64-77(108)90-62(78(109)110)46-28-44(94)29-52(96)60(46)45-25-40(16-21-51(45)95)61(75(106)92-64)89-72(103)35(3)87-74(105)50(30-58(84)97)88-76(63)107/h7-23,25-29,34-36,49-50,57,59,61-68,70-71,79,85-86,93-96,98-102H,24,30-33H2,1-6H3,(H2,84,97)(H,87,105)(H,88,107)(H,89,103)(H,90,108)(H,91,104)(H,92,106)(H,109,110)/t35-,36?,49-,50+,57?,59?,61?,62+,63-,64-,65-,66-,67?,68?,70?,71?,79?,80?/m1/s1. The van der Waals surface area contributed by atoms with Gasteiger partial charge in [-0.3, -0.25) is 33.6 Å². The predicted molar refractivity (Wildman–Crippen MR) is 416 cm³/mol. The van der Waals surface area contributed by atoms with E-state index >= 15 is 4.79 Å². The number of ether oxygens (including phenoxy) is 6. The monoisotopic (exact) mass is 1660 g/mol. The maximum Gasteiger partial charge on any atom is 0.330 e. The van der Waals surface area contributed by atoms with Crippen LogP contribution in [0.3, 0.4) is 0 Å². The number of amides is 7. The number of fused-ring (bicyclic) bond motifs is 6. The molecule has 0 saturated carbocycles. The second-order valence-corrected chi connectivity index (χ2v) is 30.5. The van der Waals surface area contributed by atoms with Crippen LogP contribution in [-0.4, -0.2) is 197 Å². The Bertz CT molecular complexity index is 4840. The van der Waals surface area contributed by atoms with Crippen molar-refractivity contribution < 1.29 is 118 Å². The van der Waals surface area contributed by atoms with E-state index in [4.69, 9.17) is 69.0 Å². The number of primary amides is 1. The largest absolute Gasteiger partial charge is 0.508 e. The summed E-state index contributed by atoms with van der Waals surface area (Å²) in [6.45, 7) is 7.42. The zero-order valence-electron chi connectivity index (χ0n) is 63.0. The Morgan fingerprint density at radius 1 is 0.672 bits per heavy atom. The Hall–Kier alpha value is -10.5. The Kier molecular flexibility index (Phi) is 27.4. The second kappa shape index (κ2) is 36.8. The van der Waals surface area contributed by atoms with Gasteiger partial charge in [0, 0.05) is 46.3 Å². The smallest absolute Gasteiger partial charge is 0.330 e. The molecule has 2 saturated heterocycles. The quantitative estimate of drug-likeness (QED) is 0.0592. The number of aliphatic carboxylic acids is 1. The van der Waals surface area contributed by atoms with Crippen molar-refractivity contribution in [2.45, 2.75) is 170 Å². The lowest BCUT2D eigenvalue weighted by Gasteiger charge is -2.48. The number of hydrogen-bond donors (Lipinski definition) is 19. The lowest BCUT2D eigenvalue weighted by molar-refractivity contribution is -0.334. The summed E-state index contributed by atoms with van der Waals surface area (Å²) < 4.78 is 38.8. The van der Waals surface area contributed by atoms with Gasteiger partial charge in [-0.05, 0) is 140 Å². The molecule has 10 bridgehead atoms. The van der Waals surface area contributed by atoms with Crippen molar-refractivity contribution in [3.05, 3.63) is 176 Å². The van der Waals surface area contributed by atoms with Crippen LogP contribution in [-0.2, 0) is 59.1 Å². The Morgan fingerprint density at radius 2 is 1.29 bits per heavy atom. The van der Waals surface area contributed by atoms with E-state index in [9.17, 15) is 84.6 Å². The molecule has 18 atom stereocenters. The maximum absolute atomic E-state index is 15.2. The number of phenols is 3. The zero-order valence-corrected chi connectivity index (χ0v) is 65.3. The molecule has 2 fully saturated rings. The van der Waals surface area contributed by atoms with Gasteiger partial charge in [-0.2, -0.15) is 0 Å². The number of likely N-dealkylation sites (N-methyl/N-ethyl adjacent to an activating group) is 1. The van der Waals surface area contributed by atoms with Crippen molar-refractivity contribution in [2.75, 3.05) is 13.7 Å². The Morgan fingerprint density at radius 3 is 1.89 bits per heavy atom. The van der Waals surface area contributed by atoms with Gasteiger partial charge in [0.25, 0.3) is 0 Å². The number of rotatable bonds is 17. The molecule has 0 radical (unpaired) electrons. The number of hydrogen-bond acceptors (Lipinski definition) is 25. The summed E-state index contributed by atoms with van der Waals surface area (Å²) in [5.74, 6) is -14.4. The number of nitrogens with one attached hydrogen (secondary N) is 8. The van der Waals surface area contributed by atoms with Crippen LogP contribution in [0.25, 0.3) is 22.3 Å². The first-order chi connectivity index (χ1) is 55.0. The average molecular weight is 1670 g/mol. The van der Waals surface area contributed by atoms with Gasteiger partial charge in [-0.25, -0.2) is 4.79 Å². The molecule has 6 aliphatic rings. The maximum atomic E-state index is 15.2. The number of aromatic hydroxyl groups is 3. The molecule has 0 aliphatic carbocycles. The van der Waals surface area contributed by atoms with Crippen molar-refractivity contribution >= 4 is 82.1 Å². The highest BCUT2D eigenvalue weighted by Gasteiger charge is 2.52. The van der Waals surface area contributed by atoms with Gasteiger partial charge in [0.05, 0.1) is 41.3 Å². The molecule has 116 heavy (non-hydrogen) atoms. The lowest BCUT2D eigenvalue weighted by atomic mass is 9.84. The van der Waals surface area contributed by atoms with E-state index in [-0.39, 0.29) is 75.0 Å². The number of phenolic OH excluding ortho intramolecular Hbond substituents is 3. The minimum Gasteiger partial charge on any atom is -0.508 e. The third-order valence-corrected chi connectivity index (χ3v) is 21.2. The molecule has 6 heterocycles. The molecule has 7 aromatic rings. The Labute approximate surface area is 678 Å². The number of carboxylic acid groups (broad SMARTS) is 1. The van der Waals surface area contributed by atoms with Crippen LogP contribution in [0.1, 0.15) is 106 Å². The number of carbonyl (C=O) groups excluding carboxylic acids is 7. The summed E-state index contributed by atoms with van der Waals surface area (Å²) >= 11 is 20.3. The second-order valence-electron chi connectivity index (χ2n) is 29.2. The van der Waals surface area contributed by atoms with Gasteiger partial charge in [-0.1, -0.05) is 109 Å². The number of carbonyl (C=O) groups is 8. The average Bonchev–Trinajstić information content (AvgIpc) is 0.762. The summed E-state index contributed by atoms with van der Waals surface area (Å²) in [4.78, 5) is 114. The van der Waals surface area contributed by atoms with E-state index in [1.165, 1.54) is 49.5 Å². The molecular weight excluding hydrogens is 1580 g/mol. The fraction of sp³-hybridized carbons (Fsp3) is 0.375. The van der Waals surface area contributed by atoms with Crippen LogP contribution in [0.5, 0.6) is 46.0 Å². The molecule has 0 aromatic heterocycles. The zero-order chi connectivity index (χ0) is 84.0. The summed E-state index contributed by atoms with van der Waals surface area (Å²) in [5.41, 5.74) is 4.92. The van der Waals surface area contributed by atoms with Crippen LogP contribution < -0.4 is 62.5 Å². The molecular formula is C80H88Cl3N9O24. The van der Waals surface area contributed by atoms with E-state index in [1.54, 1.807) is 26.0 Å². The number of aliphatic hydroxyl groups excluding tert-OH is 6. The molecule has 10 unspecified atom stereocenters. The molecule has 0 spiro atoms. The highest BCUT2D eigenvalue weighted by atomic mass is 35.5. The van der Waals surface area contributed by atoms with Crippen LogP contribution in [0.2, 0.25) is 15.1 Å². The van der Waals surface area contributed by atoms with Crippen molar-refractivity contribution in [1.29, 1.82) is 0 Å². The van der Waals surface area contributed by atoms with Gasteiger partial charge < -0.3 is 128 Å². The van der Waals surface area contributed by atoms with Crippen LogP contribution >= 0.6 is 34.8 Å². The third kappa shape index (κ3) is 19.6. The fourth-order valence-corrected chi connectivity index (χ4v) is 14.6. The first kappa shape index (κ1) is 86.4. The number of para-hydroxylation sites is 1. The number of benzene rings is 7. The predicted octanol–water partition coefficient (Wildman–Crippen LogP) is 4.59. The topological polar surface area (TPSA) is 517 Å². The van der Waals surface area contributed by atoms with E-state index in [0.29, 0.717) is 5.02 Å². The molecule has 20 N–H and O–H groups in total. The third-order valence-electron chi connectivity index (χ3n) is 20.3. The summed E-state index contributed by atoms with van der Waals surface area (Å²) in [6.07, 6.45) is -17.8. The number of carboxylic acids is 1. The van der Waals surface area contributed by atoms with Crippen LogP contribution in [0.15, 0.2) is 133 Å². The van der Waals surface area contributed by atoms with Gasteiger partial charge >= 0.3 is 5.97 Å². The number of halogens is 3. The lowest BCUT2D eigenvalue weighted by Crippen LogP contribution is -2.65. The first-order valence-electron chi connectivity index (χ1n) is 36.7.